The molecule has 21 heavy (non-hydrogen) atoms. The first-order chi connectivity index (χ1) is 9.90. The molecule has 114 valence electrons. The highest BCUT2D eigenvalue weighted by Gasteiger charge is 2.16. The first kappa shape index (κ1) is 16.1. The van der Waals surface area contributed by atoms with Gasteiger partial charge in [-0.1, -0.05) is 19.1 Å². The average molecular weight is 324 g/mol. The number of hydrogen-bond donors (Lipinski definition) is 1. The van der Waals surface area contributed by atoms with E-state index >= 15 is 0 Å². The number of nitrogens with zero attached hydrogens (tertiary/aromatic N) is 1. The second kappa shape index (κ2) is 6.68. The quantitative estimate of drug-likeness (QED) is 0.887. The zero-order chi connectivity index (χ0) is 15.5. The standard InChI is InChI=1S/C15H20N2O2S2/c1-4-16-14(9-15-17-11(2)10-20-15)12-6-5-7-13(8-12)21(3,18)19/h5-8,10,14,16H,4,9H2,1-3H3. The van der Waals surface area contributed by atoms with E-state index in [0.717, 1.165) is 29.2 Å². The summed E-state index contributed by atoms with van der Waals surface area (Å²) >= 11 is 1.64. The number of thiazole rings is 1. The van der Waals surface area contributed by atoms with Crippen LogP contribution in [-0.2, 0) is 16.3 Å². The predicted octanol–water partition coefficient (Wildman–Crippen LogP) is 2.75. The summed E-state index contributed by atoms with van der Waals surface area (Å²) in [5, 5.41) is 6.50. The number of hydrogen-bond acceptors (Lipinski definition) is 5. The molecule has 0 radical (unpaired) electrons. The number of aromatic nitrogens is 1. The predicted molar refractivity (Wildman–Crippen MR) is 86.5 cm³/mol. The molecule has 0 saturated carbocycles. The normalized spacial score (nSPS) is 13.3. The number of likely N-dealkylation sites (N-methyl/N-ethyl adjacent to an activating group) is 1. The van der Waals surface area contributed by atoms with Gasteiger partial charge in [0, 0.05) is 29.8 Å². The molecule has 0 bridgehead atoms. The highest BCUT2D eigenvalue weighted by Crippen LogP contribution is 2.23. The maximum atomic E-state index is 11.7. The molecule has 1 unspecified atom stereocenters. The first-order valence-corrected chi connectivity index (χ1v) is 9.61. The third kappa shape index (κ3) is 4.36. The van der Waals surface area contributed by atoms with Crippen LogP contribution < -0.4 is 5.32 Å². The lowest BCUT2D eigenvalue weighted by Gasteiger charge is -2.18. The van der Waals surface area contributed by atoms with Crippen LogP contribution in [0.3, 0.4) is 0 Å². The maximum Gasteiger partial charge on any atom is 0.175 e. The van der Waals surface area contributed by atoms with Crippen molar-refractivity contribution in [3.63, 3.8) is 0 Å². The molecule has 1 N–H and O–H groups in total. The van der Waals surface area contributed by atoms with Gasteiger partial charge >= 0.3 is 0 Å². The van der Waals surface area contributed by atoms with Crippen molar-refractivity contribution in [1.82, 2.24) is 10.3 Å². The third-order valence-electron chi connectivity index (χ3n) is 3.18. The van der Waals surface area contributed by atoms with Gasteiger partial charge in [0.2, 0.25) is 0 Å². The Morgan fingerprint density at radius 3 is 2.71 bits per heavy atom. The van der Waals surface area contributed by atoms with Gasteiger partial charge in [-0.05, 0) is 31.2 Å². The minimum absolute atomic E-state index is 0.0715. The van der Waals surface area contributed by atoms with E-state index in [4.69, 9.17) is 0 Å². The first-order valence-electron chi connectivity index (χ1n) is 6.84. The molecule has 1 atom stereocenters. The third-order valence-corrected chi connectivity index (χ3v) is 5.28. The summed E-state index contributed by atoms with van der Waals surface area (Å²) in [6.07, 6.45) is 2.00. The van der Waals surface area contributed by atoms with Crippen LogP contribution in [-0.4, -0.2) is 26.2 Å². The van der Waals surface area contributed by atoms with Gasteiger partial charge < -0.3 is 5.32 Å². The summed E-state index contributed by atoms with van der Waals surface area (Å²) in [5.41, 5.74) is 2.00. The zero-order valence-electron chi connectivity index (χ0n) is 12.5. The molecule has 1 aromatic carbocycles. The average Bonchev–Trinajstić information content (AvgIpc) is 2.83. The van der Waals surface area contributed by atoms with Crippen molar-refractivity contribution >= 4 is 21.2 Å². The summed E-state index contributed by atoms with van der Waals surface area (Å²) in [4.78, 5) is 4.85. The summed E-state index contributed by atoms with van der Waals surface area (Å²) in [7, 11) is -3.18. The second-order valence-corrected chi connectivity index (χ2v) is 8.00. The molecule has 0 saturated heterocycles. The van der Waals surface area contributed by atoms with Gasteiger partial charge in [-0.2, -0.15) is 0 Å². The van der Waals surface area contributed by atoms with E-state index in [0.29, 0.717) is 4.90 Å². The van der Waals surface area contributed by atoms with Crippen LogP contribution in [0.1, 0.15) is 29.2 Å². The Morgan fingerprint density at radius 2 is 2.14 bits per heavy atom. The Bertz CT molecular complexity index is 708. The van der Waals surface area contributed by atoms with Crippen molar-refractivity contribution in [3.8, 4) is 0 Å². The van der Waals surface area contributed by atoms with Gasteiger partial charge in [0.15, 0.2) is 9.84 Å². The van der Waals surface area contributed by atoms with Crippen molar-refractivity contribution in [3.05, 3.63) is 45.9 Å². The van der Waals surface area contributed by atoms with E-state index in [1.807, 2.05) is 25.3 Å². The largest absolute Gasteiger partial charge is 0.310 e. The van der Waals surface area contributed by atoms with Crippen molar-refractivity contribution in [1.29, 1.82) is 0 Å². The van der Waals surface area contributed by atoms with Crippen LogP contribution in [0.2, 0.25) is 0 Å². The number of sulfone groups is 1. The lowest BCUT2D eigenvalue weighted by atomic mass is 10.0. The van der Waals surface area contributed by atoms with Crippen molar-refractivity contribution in [2.45, 2.75) is 31.2 Å². The fraction of sp³-hybridized carbons (Fsp3) is 0.400. The molecule has 1 aromatic heterocycles. The van der Waals surface area contributed by atoms with Crippen molar-refractivity contribution in [2.24, 2.45) is 0 Å². The lowest BCUT2D eigenvalue weighted by molar-refractivity contribution is 0.547. The van der Waals surface area contributed by atoms with Crippen molar-refractivity contribution < 1.29 is 8.42 Å². The smallest absolute Gasteiger partial charge is 0.175 e. The fourth-order valence-corrected chi connectivity index (χ4v) is 3.68. The Balaban J connectivity index is 2.29. The van der Waals surface area contributed by atoms with Crippen LogP contribution in [0.5, 0.6) is 0 Å². The molecule has 6 heteroatoms. The van der Waals surface area contributed by atoms with Gasteiger partial charge in [0.1, 0.15) is 0 Å². The lowest BCUT2D eigenvalue weighted by Crippen LogP contribution is -2.23. The van der Waals surface area contributed by atoms with Crippen LogP contribution >= 0.6 is 11.3 Å². The molecular weight excluding hydrogens is 304 g/mol. The molecule has 0 amide bonds. The minimum Gasteiger partial charge on any atom is -0.310 e. The second-order valence-electron chi connectivity index (χ2n) is 5.04. The van der Waals surface area contributed by atoms with Gasteiger partial charge in [-0.25, -0.2) is 13.4 Å². The van der Waals surface area contributed by atoms with E-state index < -0.39 is 9.84 Å². The van der Waals surface area contributed by atoms with Crippen LogP contribution in [0.4, 0.5) is 0 Å². The van der Waals surface area contributed by atoms with E-state index in [2.05, 4.69) is 10.3 Å². The van der Waals surface area contributed by atoms with Gasteiger partial charge in [-0.3, -0.25) is 0 Å². The molecule has 0 spiro atoms. The molecule has 0 aliphatic heterocycles. The summed E-state index contributed by atoms with van der Waals surface area (Å²) < 4.78 is 23.4. The summed E-state index contributed by atoms with van der Waals surface area (Å²) in [5.74, 6) is 0. The SMILES string of the molecule is CCNC(Cc1nc(C)cs1)c1cccc(S(C)(=O)=O)c1. The molecular formula is C15H20N2O2S2. The van der Waals surface area contributed by atoms with E-state index in [1.165, 1.54) is 6.26 Å². The highest BCUT2D eigenvalue weighted by molar-refractivity contribution is 7.90. The van der Waals surface area contributed by atoms with Gasteiger partial charge in [0.25, 0.3) is 0 Å². The number of rotatable bonds is 6. The van der Waals surface area contributed by atoms with Gasteiger partial charge in [-0.15, -0.1) is 11.3 Å². The van der Waals surface area contributed by atoms with E-state index in [9.17, 15) is 8.42 Å². The molecule has 0 aliphatic carbocycles. The molecule has 1 heterocycles. The van der Waals surface area contributed by atoms with Crippen LogP contribution in [0.25, 0.3) is 0 Å². The maximum absolute atomic E-state index is 11.7. The molecule has 0 aliphatic rings. The molecule has 0 fully saturated rings. The van der Waals surface area contributed by atoms with Crippen LogP contribution in [0.15, 0.2) is 34.5 Å². The fourth-order valence-electron chi connectivity index (χ4n) is 2.19. The van der Waals surface area contributed by atoms with E-state index in [-0.39, 0.29) is 6.04 Å². The minimum atomic E-state index is -3.18. The van der Waals surface area contributed by atoms with Crippen LogP contribution in [0, 0.1) is 6.92 Å². The number of benzene rings is 1. The molecule has 2 rings (SSSR count). The van der Waals surface area contributed by atoms with E-state index in [1.54, 1.807) is 29.5 Å². The molecule has 2 aromatic rings. The molecule has 4 nitrogen and oxygen atoms in total. The Labute approximate surface area is 130 Å². The Hall–Kier alpha value is -1.24. The Kier molecular flexibility index (Phi) is 5.13. The van der Waals surface area contributed by atoms with Gasteiger partial charge in [0.05, 0.1) is 9.90 Å². The number of nitrogens with one attached hydrogen (secondary N) is 1. The topological polar surface area (TPSA) is 59.1 Å². The highest BCUT2D eigenvalue weighted by atomic mass is 32.2. The monoisotopic (exact) mass is 324 g/mol. The summed E-state index contributed by atoms with van der Waals surface area (Å²) in [6.45, 7) is 4.84. The van der Waals surface area contributed by atoms with Crippen molar-refractivity contribution in [2.75, 3.05) is 12.8 Å². The summed E-state index contributed by atoms with van der Waals surface area (Å²) in [6, 6.07) is 7.21. The number of aryl methyl sites for hydroxylation is 1. The zero-order valence-corrected chi connectivity index (χ0v) is 14.1. The Morgan fingerprint density at radius 1 is 1.38 bits per heavy atom.